The van der Waals surface area contributed by atoms with Crippen molar-refractivity contribution in [3.63, 3.8) is 0 Å². The first-order valence-electron chi connectivity index (χ1n) is 12.8. The Hall–Kier alpha value is -2.44. The summed E-state index contributed by atoms with van der Waals surface area (Å²) in [6, 6.07) is 9.90. The lowest BCUT2D eigenvalue weighted by atomic mass is 9.58. The van der Waals surface area contributed by atoms with Crippen LogP contribution in [0.1, 0.15) is 53.0 Å². The number of carbonyl (C=O) groups is 2. The number of nitrogens with one attached hydrogen (secondary N) is 1. The highest BCUT2D eigenvalue weighted by atomic mass is 16.6. The summed E-state index contributed by atoms with van der Waals surface area (Å²) >= 11 is 0. The van der Waals surface area contributed by atoms with Crippen LogP contribution in [0.4, 0.5) is 0 Å². The van der Waals surface area contributed by atoms with Crippen LogP contribution in [0.5, 0.6) is 0 Å². The molecular weight excluding hydrogens is 442 g/mol. The van der Waals surface area contributed by atoms with Gasteiger partial charge in [0.25, 0.3) is 5.91 Å². The zero-order valence-corrected chi connectivity index (χ0v) is 21.3. The Bertz CT molecular complexity index is 1080. The van der Waals surface area contributed by atoms with Gasteiger partial charge in [0.1, 0.15) is 0 Å². The first kappa shape index (κ1) is 24.3. The summed E-state index contributed by atoms with van der Waals surface area (Å²) in [5.74, 6) is -1.29. The Labute approximate surface area is 207 Å². The summed E-state index contributed by atoms with van der Waals surface area (Å²) < 4.78 is 12.5. The molecule has 6 heteroatoms. The van der Waals surface area contributed by atoms with Crippen LogP contribution in [0.25, 0.3) is 0 Å². The van der Waals surface area contributed by atoms with Crippen molar-refractivity contribution in [1.29, 1.82) is 0 Å². The fourth-order valence-electron chi connectivity index (χ4n) is 7.19. The van der Waals surface area contributed by atoms with Gasteiger partial charge in [-0.15, -0.1) is 0 Å². The molecule has 1 spiro atoms. The third-order valence-electron chi connectivity index (χ3n) is 8.80. The van der Waals surface area contributed by atoms with Crippen LogP contribution in [0.2, 0.25) is 0 Å². The van der Waals surface area contributed by atoms with Gasteiger partial charge in [0.2, 0.25) is 5.60 Å². The van der Waals surface area contributed by atoms with Crippen molar-refractivity contribution >= 4 is 11.9 Å². The minimum Gasteiger partial charge on any atom is -0.445 e. The van der Waals surface area contributed by atoms with Gasteiger partial charge in [0.15, 0.2) is 0 Å². The number of benzene rings is 1. The van der Waals surface area contributed by atoms with Gasteiger partial charge in [0, 0.05) is 18.0 Å². The molecule has 3 fully saturated rings. The van der Waals surface area contributed by atoms with E-state index < -0.39 is 17.2 Å². The lowest BCUT2D eigenvalue weighted by Gasteiger charge is -2.46. The second-order valence-corrected chi connectivity index (χ2v) is 11.8. The summed E-state index contributed by atoms with van der Waals surface area (Å²) in [5.41, 5.74) is -0.635. The number of hydrogen-bond acceptors (Lipinski definition) is 5. The number of amides is 1. The Morgan fingerprint density at radius 2 is 1.86 bits per heavy atom. The van der Waals surface area contributed by atoms with E-state index in [4.69, 9.17) is 9.47 Å². The van der Waals surface area contributed by atoms with Gasteiger partial charge in [0.05, 0.1) is 23.2 Å². The number of aliphatic hydroxyl groups is 1. The van der Waals surface area contributed by atoms with Crippen LogP contribution in [0.3, 0.4) is 0 Å². The van der Waals surface area contributed by atoms with Crippen LogP contribution in [-0.2, 0) is 25.5 Å². The summed E-state index contributed by atoms with van der Waals surface area (Å²) in [5, 5.41) is 14.0. The normalized spacial score (nSPS) is 45.0. The minimum atomic E-state index is -1.36. The van der Waals surface area contributed by atoms with Crippen molar-refractivity contribution in [3.05, 3.63) is 59.7 Å². The molecular formula is C29H37NO5. The van der Waals surface area contributed by atoms with Gasteiger partial charge in [-0.25, -0.2) is 4.79 Å². The summed E-state index contributed by atoms with van der Waals surface area (Å²) in [6.07, 6.45) is 6.67. The monoisotopic (exact) mass is 479 g/mol. The molecule has 5 rings (SSSR count). The summed E-state index contributed by atoms with van der Waals surface area (Å²) in [6.45, 7) is 10.1. The van der Waals surface area contributed by atoms with Crippen LogP contribution < -0.4 is 5.32 Å². The predicted molar refractivity (Wildman–Crippen MR) is 132 cm³/mol. The standard InChI is InChI=1S/C29H37NO5/c1-17-13-18(2)16-27(4,33)12-11-23(31)34-29-21(14-17)25-28(5,35-25)19(3)24(29)22(30-26(29)32)15-20-9-7-6-8-10-20/h6-12,14,18-19,21-22,24-25,33H,13,15-16H2,1-5H3,(H,30,32)/t18-,19-,21-,22-,24-,25-,27+,28+,29+/m0/s1. The number of esters is 1. The summed E-state index contributed by atoms with van der Waals surface area (Å²) in [7, 11) is 0. The molecule has 1 aliphatic carbocycles. The fraction of sp³-hybridized carbons (Fsp3) is 0.586. The van der Waals surface area contributed by atoms with E-state index in [1.165, 1.54) is 12.2 Å². The van der Waals surface area contributed by atoms with Crippen molar-refractivity contribution in [2.45, 2.75) is 82.8 Å². The van der Waals surface area contributed by atoms with E-state index in [1.807, 2.05) is 18.2 Å². The molecule has 1 aromatic rings. The molecule has 35 heavy (non-hydrogen) atoms. The number of epoxide rings is 1. The van der Waals surface area contributed by atoms with Crippen LogP contribution >= 0.6 is 0 Å². The SMILES string of the molecule is CC1=C[C@H]2[C@@H]3O[C@]3(C)[C@@H](C)[C@H]3[C@H](Cc4ccccc4)NC(=O)[C@]32OC(=O)C=C[C@@](C)(O)C[C@@H](C)C1. The molecule has 1 aromatic carbocycles. The van der Waals surface area contributed by atoms with Gasteiger partial charge in [-0.2, -0.15) is 0 Å². The topological polar surface area (TPSA) is 88.2 Å². The molecule has 3 aliphatic heterocycles. The highest BCUT2D eigenvalue weighted by Crippen LogP contribution is 2.63. The van der Waals surface area contributed by atoms with E-state index in [-0.39, 0.29) is 47.3 Å². The van der Waals surface area contributed by atoms with Crippen LogP contribution in [-0.4, -0.2) is 45.9 Å². The average Bonchev–Trinajstić information content (AvgIpc) is 3.40. The Kier molecular flexibility index (Phi) is 5.76. The van der Waals surface area contributed by atoms with E-state index in [1.54, 1.807) is 6.92 Å². The highest BCUT2D eigenvalue weighted by molar-refractivity contribution is 5.94. The van der Waals surface area contributed by atoms with Crippen molar-refractivity contribution in [2.75, 3.05) is 0 Å². The fourth-order valence-corrected chi connectivity index (χ4v) is 7.19. The molecule has 2 N–H and O–H groups in total. The average molecular weight is 480 g/mol. The number of rotatable bonds is 2. The number of carbonyl (C=O) groups excluding carboxylic acids is 2. The van der Waals surface area contributed by atoms with Gasteiger partial charge < -0.3 is 19.9 Å². The second-order valence-electron chi connectivity index (χ2n) is 11.8. The number of fused-ring (bicyclic) bond motifs is 2. The van der Waals surface area contributed by atoms with Crippen molar-refractivity contribution in [2.24, 2.45) is 23.7 Å². The number of allylic oxidation sites excluding steroid dienone is 1. The Morgan fingerprint density at radius 3 is 2.57 bits per heavy atom. The molecule has 0 unspecified atom stereocenters. The maximum atomic E-state index is 13.9. The molecule has 1 saturated carbocycles. The zero-order chi connectivity index (χ0) is 25.2. The zero-order valence-electron chi connectivity index (χ0n) is 21.3. The van der Waals surface area contributed by atoms with Gasteiger partial charge in [-0.3, -0.25) is 4.79 Å². The van der Waals surface area contributed by atoms with E-state index >= 15 is 0 Å². The molecule has 2 saturated heterocycles. The van der Waals surface area contributed by atoms with E-state index in [0.29, 0.717) is 12.8 Å². The minimum absolute atomic E-state index is 0.00293. The molecule has 6 nitrogen and oxygen atoms in total. The molecule has 188 valence electrons. The maximum absolute atomic E-state index is 13.9. The molecule has 1 amide bonds. The highest BCUT2D eigenvalue weighted by Gasteiger charge is 2.78. The van der Waals surface area contributed by atoms with Crippen molar-refractivity contribution in [3.8, 4) is 0 Å². The molecule has 0 bridgehead atoms. The molecule has 4 aliphatic rings. The smallest absolute Gasteiger partial charge is 0.331 e. The molecule has 0 aromatic heterocycles. The van der Waals surface area contributed by atoms with E-state index in [0.717, 1.165) is 17.6 Å². The number of ether oxygens (including phenoxy) is 2. The third kappa shape index (κ3) is 4.05. The van der Waals surface area contributed by atoms with E-state index in [9.17, 15) is 14.7 Å². The lowest BCUT2D eigenvalue weighted by Crippen LogP contribution is -2.61. The summed E-state index contributed by atoms with van der Waals surface area (Å²) in [4.78, 5) is 27.1. The van der Waals surface area contributed by atoms with Crippen molar-refractivity contribution < 1.29 is 24.2 Å². The van der Waals surface area contributed by atoms with Crippen molar-refractivity contribution in [1.82, 2.24) is 5.32 Å². The first-order valence-corrected chi connectivity index (χ1v) is 12.8. The van der Waals surface area contributed by atoms with E-state index in [2.05, 4.69) is 51.2 Å². The van der Waals surface area contributed by atoms with Crippen LogP contribution in [0.15, 0.2) is 54.1 Å². The molecule has 3 heterocycles. The molecule has 0 radical (unpaired) electrons. The first-order chi connectivity index (χ1) is 16.5. The molecule has 9 atom stereocenters. The second kappa shape index (κ2) is 8.31. The van der Waals surface area contributed by atoms with Gasteiger partial charge in [-0.1, -0.05) is 55.8 Å². The Balaban J connectivity index is 1.62. The largest absolute Gasteiger partial charge is 0.445 e. The van der Waals surface area contributed by atoms with Gasteiger partial charge in [-0.05, 0) is 63.5 Å². The predicted octanol–water partition coefficient (Wildman–Crippen LogP) is 3.73. The maximum Gasteiger partial charge on any atom is 0.331 e. The third-order valence-corrected chi connectivity index (χ3v) is 8.80. The lowest BCUT2D eigenvalue weighted by molar-refractivity contribution is -0.177. The number of hydrogen-bond donors (Lipinski definition) is 2. The Morgan fingerprint density at radius 1 is 1.14 bits per heavy atom. The quantitative estimate of drug-likeness (QED) is 0.383. The van der Waals surface area contributed by atoms with Crippen LogP contribution in [0, 0.1) is 23.7 Å². The van der Waals surface area contributed by atoms with Gasteiger partial charge >= 0.3 is 5.97 Å².